The summed E-state index contributed by atoms with van der Waals surface area (Å²) in [6, 6.07) is 8.75. The summed E-state index contributed by atoms with van der Waals surface area (Å²) in [4.78, 5) is 0.750. The van der Waals surface area contributed by atoms with Crippen molar-refractivity contribution in [1.82, 2.24) is 4.72 Å². The van der Waals surface area contributed by atoms with E-state index in [-0.39, 0.29) is 16.5 Å². The van der Waals surface area contributed by atoms with E-state index in [4.69, 9.17) is 16.0 Å². The van der Waals surface area contributed by atoms with Crippen molar-refractivity contribution >= 4 is 33.0 Å². The van der Waals surface area contributed by atoms with Crippen LogP contribution in [0.2, 0.25) is 5.02 Å². The maximum absolute atomic E-state index is 13.1. The summed E-state index contributed by atoms with van der Waals surface area (Å²) >= 11 is 7.04. The fourth-order valence-electron chi connectivity index (χ4n) is 1.94. The smallest absolute Gasteiger partial charge is 0.240 e. The SMILES string of the molecule is O=S(=O)(NCc1cc(-c2ccco2)cs1)c1ccc(F)c(Cl)c1. The van der Waals surface area contributed by atoms with E-state index in [1.165, 1.54) is 17.4 Å². The zero-order valence-electron chi connectivity index (χ0n) is 11.6. The van der Waals surface area contributed by atoms with E-state index in [1.54, 1.807) is 12.3 Å². The van der Waals surface area contributed by atoms with Crippen molar-refractivity contribution in [2.24, 2.45) is 0 Å². The van der Waals surface area contributed by atoms with Crippen LogP contribution in [-0.4, -0.2) is 8.42 Å². The molecule has 1 N–H and O–H groups in total. The Kier molecular flexibility index (Phi) is 4.54. The Morgan fingerprint density at radius 3 is 2.78 bits per heavy atom. The van der Waals surface area contributed by atoms with Gasteiger partial charge in [-0.25, -0.2) is 17.5 Å². The average molecular weight is 372 g/mol. The van der Waals surface area contributed by atoms with Crippen molar-refractivity contribution in [3.63, 3.8) is 0 Å². The summed E-state index contributed by atoms with van der Waals surface area (Å²) in [6.07, 6.45) is 1.58. The molecule has 0 fully saturated rings. The van der Waals surface area contributed by atoms with Crippen molar-refractivity contribution in [3.8, 4) is 11.3 Å². The molecule has 0 saturated carbocycles. The molecule has 0 unspecified atom stereocenters. The third-order valence-corrected chi connectivity index (χ3v) is 5.72. The molecule has 3 rings (SSSR count). The van der Waals surface area contributed by atoms with E-state index in [2.05, 4.69) is 4.72 Å². The molecule has 2 heterocycles. The molecule has 3 aromatic rings. The number of furan rings is 1. The lowest BCUT2D eigenvalue weighted by molar-refractivity contribution is 0.581. The van der Waals surface area contributed by atoms with Crippen molar-refractivity contribution in [1.29, 1.82) is 0 Å². The van der Waals surface area contributed by atoms with Crippen LogP contribution in [0.25, 0.3) is 11.3 Å². The maximum Gasteiger partial charge on any atom is 0.240 e. The third-order valence-electron chi connectivity index (χ3n) is 3.10. The van der Waals surface area contributed by atoms with Gasteiger partial charge < -0.3 is 4.42 Å². The Balaban J connectivity index is 1.73. The number of sulfonamides is 1. The van der Waals surface area contributed by atoms with Crippen molar-refractivity contribution in [3.05, 3.63) is 63.8 Å². The predicted molar refractivity (Wildman–Crippen MR) is 87.5 cm³/mol. The molecule has 0 aliphatic heterocycles. The van der Waals surface area contributed by atoms with Gasteiger partial charge in [0.05, 0.1) is 16.2 Å². The highest BCUT2D eigenvalue weighted by Gasteiger charge is 2.16. The Bertz CT molecular complexity index is 920. The quantitative estimate of drug-likeness (QED) is 0.728. The predicted octanol–water partition coefficient (Wildman–Crippen LogP) is 4.28. The molecule has 0 atom stereocenters. The Morgan fingerprint density at radius 1 is 1.26 bits per heavy atom. The van der Waals surface area contributed by atoms with Crippen LogP contribution in [0.4, 0.5) is 4.39 Å². The summed E-state index contributed by atoms with van der Waals surface area (Å²) in [6.45, 7) is 0.128. The topological polar surface area (TPSA) is 59.3 Å². The molecule has 1 aromatic carbocycles. The van der Waals surface area contributed by atoms with E-state index in [0.717, 1.165) is 28.3 Å². The van der Waals surface area contributed by atoms with E-state index in [1.807, 2.05) is 17.5 Å². The van der Waals surface area contributed by atoms with Gasteiger partial charge in [0.1, 0.15) is 11.6 Å². The van der Waals surface area contributed by atoms with E-state index in [9.17, 15) is 12.8 Å². The van der Waals surface area contributed by atoms with Gasteiger partial charge in [0.2, 0.25) is 10.0 Å². The summed E-state index contributed by atoms with van der Waals surface area (Å²) in [7, 11) is -3.76. The van der Waals surface area contributed by atoms with E-state index in [0.29, 0.717) is 0 Å². The number of hydrogen-bond acceptors (Lipinski definition) is 4. The number of benzene rings is 1. The summed E-state index contributed by atoms with van der Waals surface area (Å²) in [5.74, 6) is 0.0626. The molecule has 0 aliphatic carbocycles. The van der Waals surface area contributed by atoms with Crippen LogP contribution in [0.3, 0.4) is 0 Å². The van der Waals surface area contributed by atoms with E-state index < -0.39 is 15.8 Å². The van der Waals surface area contributed by atoms with Crippen LogP contribution < -0.4 is 4.72 Å². The molecule has 0 saturated heterocycles. The summed E-state index contributed by atoms with van der Waals surface area (Å²) < 4.78 is 45.3. The highest BCUT2D eigenvalue weighted by Crippen LogP contribution is 2.26. The summed E-state index contributed by atoms with van der Waals surface area (Å²) in [5, 5.41) is 1.65. The molecule has 0 radical (unpaired) electrons. The van der Waals surface area contributed by atoms with Crippen LogP contribution >= 0.6 is 22.9 Å². The van der Waals surface area contributed by atoms with Crippen LogP contribution in [0.5, 0.6) is 0 Å². The fourth-order valence-corrected chi connectivity index (χ4v) is 4.12. The number of halogens is 2. The van der Waals surface area contributed by atoms with Crippen molar-refractivity contribution in [2.45, 2.75) is 11.4 Å². The van der Waals surface area contributed by atoms with Crippen LogP contribution in [-0.2, 0) is 16.6 Å². The second-order valence-electron chi connectivity index (χ2n) is 4.68. The molecule has 0 aliphatic rings. The van der Waals surface area contributed by atoms with Crippen molar-refractivity contribution < 1.29 is 17.2 Å². The van der Waals surface area contributed by atoms with E-state index >= 15 is 0 Å². The van der Waals surface area contributed by atoms with Gasteiger partial charge in [-0.15, -0.1) is 11.3 Å². The van der Waals surface area contributed by atoms with Gasteiger partial charge in [-0.3, -0.25) is 0 Å². The van der Waals surface area contributed by atoms with Crippen LogP contribution in [0, 0.1) is 5.82 Å². The highest BCUT2D eigenvalue weighted by atomic mass is 35.5. The molecule has 120 valence electrons. The average Bonchev–Trinajstić information content (AvgIpc) is 3.18. The maximum atomic E-state index is 13.1. The van der Waals surface area contributed by atoms with Crippen molar-refractivity contribution in [2.75, 3.05) is 0 Å². The second kappa shape index (κ2) is 6.45. The van der Waals surface area contributed by atoms with Gasteiger partial charge in [-0.2, -0.15) is 0 Å². The summed E-state index contributed by atoms with van der Waals surface area (Å²) in [5.41, 5.74) is 0.888. The monoisotopic (exact) mass is 371 g/mol. The first kappa shape index (κ1) is 16.2. The number of thiophene rings is 1. The van der Waals surface area contributed by atoms with Gasteiger partial charge in [-0.05, 0) is 36.4 Å². The zero-order chi connectivity index (χ0) is 16.4. The molecule has 8 heteroatoms. The fraction of sp³-hybridized carbons (Fsp3) is 0.0667. The second-order valence-corrected chi connectivity index (χ2v) is 7.85. The minimum Gasteiger partial charge on any atom is -0.464 e. The number of nitrogens with one attached hydrogen (secondary N) is 1. The third kappa shape index (κ3) is 3.64. The minimum atomic E-state index is -3.76. The largest absolute Gasteiger partial charge is 0.464 e. The highest BCUT2D eigenvalue weighted by molar-refractivity contribution is 7.89. The van der Waals surface area contributed by atoms with Crippen LogP contribution in [0.15, 0.2) is 57.4 Å². The lowest BCUT2D eigenvalue weighted by Gasteiger charge is -2.06. The standard InChI is InChI=1S/C15H11ClFNO3S2/c16-13-7-12(3-4-14(13)17)23(19,20)18-8-11-6-10(9-22-11)15-2-1-5-21-15/h1-7,9,18H,8H2. The minimum absolute atomic E-state index is 0.0771. The first-order valence-corrected chi connectivity index (χ1v) is 9.26. The molecule has 0 spiro atoms. The molecule has 0 amide bonds. The van der Waals surface area contributed by atoms with Gasteiger partial charge in [-0.1, -0.05) is 11.6 Å². The Hall–Kier alpha value is -1.67. The zero-order valence-corrected chi connectivity index (χ0v) is 14.0. The first-order chi connectivity index (χ1) is 11.0. The molecule has 23 heavy (non-hydrogen) atoms. The van der Waals surface area contributed by atoms with Gasteiger partial charge in [0.15, 0.2) is 0 Å². The van der Waals surface area contributed by atoms with Gasteiger partial charge >= 0.3 is 0 Å². The van der Waals surface area contributed by atoms with Gasteiger partial charge in [0, 0.05) is 22.4 Å². The lowest BCUT2D eigenvalue weighted by atomic mass is 10.2. The molecule has 2 aromatic heterocycles. The van der Waals surface area contributed by atoms with Gasteiger partial charge in [0.25, 0.3) is 0 Å². The lowest BCUT2D eigenvalue weighted by Crippen LogP contribution is -2.22. The molecule has 4 nitrogen and oxygen atoms in total. The number of hydrogen-bond donors (Lipinski definition) is 1. The Morgan fingerprint density at radius 2 is 2.09 bits per heavy atom. The molecule has 0 bridgehead atoms. The number of rotatable bonds is 5. The van der Waals surface area contributed by atoms with Crippen LogP contribution in [0.1, 0.15) is 4.88 Å². The molecular weight excluding hydrogens is 361 g/mol. The molecular formula is C15H11ClFNO3S2. The first-order valence-electron chi connectivity index (χ1n) is 6.52. The Labute approximate surface area is 141 Å². The normalized spacial score (nSPS) is 11.7.